The van der Waals surface area contributed by atoms with Crippen LogP contribution in [0.15, 0.2) is 22.7 Å². The maximum atomic E-state index is 11.5. The first-order chi connectivity index (χ1) is 8.04. The lowest BCUT2D eigenvalue weighted by molar-refractivity contribution is -0.122. The molecule has 0 spiro atoms. The summed E-state index contributed by atoms with van der Waals surface area (Å²) in [5.41, 5.74) is 1.07. The summed E-state index contributed by atoms with van der Waals surface area (Å²) in [7, 11) is 0. The number of benzene rings is 1. The first-order valence-electron chi connectivity index (χ1n) is 5.49. The summed E-state index contributed by atoms with van der Waals surface area (Å²) in [4.78, 5) is 11.5. The SMILES string of the molecule is CCNC(=O)C(C)NCc1ccc(Cl)cc1Br. The van der Waals surface area contributed by atoms with Gasteiger partial charge in [-0.2, -0.15) is 0 Å². The molecule has 0 aliphatic heterocycles. The monoisotopic (exact) mass is 318 g/mol. The Balaban J connectivity index is 2.52. The minimum absolute atomic E-state index is 0.0117. The molecule has 0 aromatic heterocycles. The number of nitrogens with one attached hydrogen (secondary N) is 2. The van der Waals surface area contributed by atoms with Crippen molar-refractivity contribution in [1.82, 2.24) is 10.6 Å². The van der Waals surface area contributed by atoms with Crippen molar-refractivity contribution in [2.24, 2.45) is 0 Å². The van der Waals surface area contributed by atoms with E-state index in [1.807, 2.05) is 32.0 Å². The van der Waals surface area contributed by atoms with Crippen LogP contribution in [0.2, 0.25) is 5.02 Å². The van der Waals surface area contributed by atoms with E-state index in [-0.39, 0.29) is 11.9 Å². The molecule has 0 saturated heterocycles. The van der Waals surface area contributed by atoms with E-state index >= 15 is 0 Å². The zero-order chi connectivity index (χ0) is 12.8. The minimum Gasteiger partial charge on any atom is -0.355 e. The fraction of sp³-hybridized carbons (Fsp3) is 0.417. The Morgan fingerprint density at radius 2 is 2.24 bits per heavy atom. The highest BCUT2D eigenvalue weighted by Crippen LogP contribution is 2.21. The van der Waals surface area contributed by atoms with Crippen molar-refractivity contribution < 1.29 is 4.79 Å². The molecule has 0 bridgehead atoms. The average Bonchev–Trinajstić information content (AvgIpc) is 2.27. The van der Waals surface area contributed by atoms with Gasteiger partial charge in [0.15, 0.2) is 0 Å². The van der Waals surface area contributed by atoms with E-state index in [9.17, 15) is 4.79 Å². The average molecular weight is 320 g/mol. The summed E-state index contributed by atoms with van der Waals surface area (Å²) >= 11 is 9.30. The second-order valence-corrected chi connectivity index (χ2v) is 5.02. The highest BCUT2D eigenvalue weighted by atomic mass is 79.9. The van der Waals surface area contributed by atoms with Crippen LogP contribution >= 0.6 is 27.5 Å². The van der Waals surface area contributed by atoms with Crippen LogP contribution in [-0.4, -0.2) is 18.5 Å². The molecule has 1 aromatic carbocycles. The lowest BCUT2D eigenvalue weighted by Crippen LogP contribution is -2.41. The summed E-state index contributed by atoms with van der Waals surface area (Å²) < 4.78 is 0.945. The maximum absolute atomic E-state index is 11.5. The Bertz CT molecular complexity index is 398. The second kappa shape index (κ2) is 6.99. The Labute approximate surface area is 115 Å². The van der Waals surface area contributed by atoms with Crippen LogP contribution in [0.3, 0.4) is 0 Å². The molecule has 1 amide bonds. The largest absolute Gasteiger partial charge is 0.355 e. The Morgan fingerprint density at radius 1 is 1.53 bits per heavy atom. The van der Waals surface area contributed by atoms with Crippen LogP contribution in [0.25, 0.3) is 0 Å². The number of carbonyl (C=O) groups is 1. The molecule has 17 heavy (non-hydrogen) atoms. The van der Waals surface area contributed by atoms with Crippen LogP contribution < -0.4 is 10.6 Å². The Morgan fingerprint density at radius 3 is 2.82 bits per heavy atom. The van der Waals surface area contributed by atoms with Gasteiger partial charge >= 0.3 is 0 Å². The van der Waals surface area contributed by atoms with E-state index in [1.165, 1.54) is 0 Å². The lowest BCUT2D eigenvalue weighted by Gasteiger charge is -2.14. The normalized spacial score (nSPS) is 12.2. The minimum atomic E-state index is -0.211. The van der Waals surface area contributed by atoms with Gasteiger partial charge in [-0.1, -0.05) is 33.6 Å². The van der Waals surface area contributed by atoms with Gasteiger partial charge < -0.3 is 10.6 Å². The van der Waals surface area contributed by atoms with Crippen LogP contribution in [-0.2, 0) is 11.3 Å². The smallest absolute Gasteiger partial charge is 0.236 e. The van der Waals surface area contributed by atoms with Crippen molar-refractivity contribution >= 4 is 33.4 Å². The fourth-order valence-corrected chi connectivity index (χ4v) is 2.17. The van der Waals surface area contributed by atoms with Gasteiger partial charge in [0, 0.05) is 22.6 Å². The molecule has 0 radical (unpaired) electrons. The second-order valence-electron chi connectivity index (χ2n) is 3.73. The number of rotatable bonds is 5. The number of likely N-dealkylation sites (N-methyl/N-ethyl adjacent to an activating group) is 1. The number of hydrogen-bond acceptors (Lipinski definition) is 2. The van der Waals surface area contributed by atoms with Crippen LogP contribution in [0.5, 0.6) is 0 Å². The number of amides is 1. The van der Waals surface area contributed by atoms with Gasteiger partial charge in [0.05, 0.1) is 6.04 Å². The van der Waals surface area contributed by atoms with Gasteiger partial charge in [-0.05, 0) is 31.5 Å². The van der Waals surface area contributed by atoms with Crippen LogP contribution in [0.1, 0.15) is 19.4 Å². The maximum Gasteiger partial charge on any atom is 0.236 e. The van der Waals surface area contributed by atoms with Crippen molar-refractivity contribution in [2.75, 3.05) is 6.54 Å². The quantitative estimate of drug-likeness (QED) is 0.876. The van der Waals surface area contributed by atoms with Crippen LogP contribution in [0, 0.1) is 0 Å². The molecule has 1 atom stereocenters. The molecule has 0 fully saturated rings. The van der Waals surface area contributed by atoms with Gasteiger partial charge in [-0.15, -0.1) is 0 Å². The summed E-state index contributed by atoms with van der Waals surface area (Å²) in [6.45, 7) is 5.01. The Hall–Kier alpha value is -0.580. The number of carbonyl (C=O) groups excluding carboxylic acids is 1. The molecule has 2 N–H and O–H groups in total. The van der Waals surface area contributed by atoms with E-state index < -0.39 is 0 Å². The molecule has 3 nitrogen and oxygen atoms in total. The highest BCUT2D eigenvalue weighted by molar-refractivity contribution is 9.10. The number of halogens is 2. The van der Waals surface area contributed by atoms with E-state index in [2.05, 4.69) is 26.6 Å². The van der Waals surface area contributed by atoms with E-state index in [0.717, 1.165) is 10.0 Å². The van der Waals surface area contributed by atoms with Gasteiger partial charge in [0.25, 0.3) is 0 Å². The predicted octanol–water partition coefficient (Wildman–Crippen LogP) is 2.72. The molecule has 1 unspecified atom stereocenters. The molecule has 5 heteroatoms. The zero-order valence-corrected chi connectivity index (χ0v) is 12.2. The standard InChI is InChI=1S/C12H16BrClN2O/c1-3-15-12(17)8(2)16-7-9-4-5-10(14)6-11(9)13/h4-6,8,16H,3,7H2,1-2H3,(H,15,17). The van der Waals surface area contributed by atoms with Crippen molar-refractivity contribution in [2.45, 2.75) is 26.4 Å². The molecule has 94 valence electrons. The highest BCUT2D eigenvalue weighted by Gasteiger charge is 2.11. The van der Waals surface area contributed by atoms with Crippen molar-refractivity contribution in [3.05, 3.63) is 33.3 Å². The first-order valence-corrected chi connectivity index (χ1v) is 6.66. The fourth-order valence-electron chi connectivity index (χ4n) is 1.35. The van der Waals surface area contributed by atoms with Crippen molar-refractivity contribution in [1.29, 1.82) is 0 Å². The molecule has 0 heterocycles. The zero-order valence-electron chi connectivity index (χ0n) is 9.89. The molecular formula is C12H16BrClN2O. The first kappa shape index (κ1) is 14.5. The molecule has 1 rings (SSSR count). The van der Waals surface area contributed by atoms with E-state index in [1.54, 1.807) is 0 Å². The van der Waals surface area contributed by atoms with Crippen LogP contribution in [0.4, 0.5) is 0 Å². The van der Waals surface area contributed by atoms with E-state index in [4.69, 9.17) is 11.6 Å². The summed E-state index contributed by atoms with van der Waals surface area (Å²) in [6, 6.07) is 5.40. The third kappa shape index (κ3) is 4.66. The Kier molecular flexibility index (Phi) is 5.95. The van der Waals surface area contributed by atoms with Crippen molar-refractivity contribution in [3.8, 4) is 0 Å². The molecule has 0 saturated carbocycles. The van der Waals surface area contributed by atoms with Gasteiger partial charge in [-0.25, -0.2) is 0 Å². The van der Waals surface area contributed by atoms with E-state index in [0.29, 0.717) is 18.1 Å². The molecule has 0 aliphatic carbocycles. The third-order valence-corrected chi connectivity index (χ3v) is 3.33. The van der Waals surface area contributed by atoms with Gasteiger partial charge in [0.2, 0.25) is 5.91 Å². The summed E-state index contributed by atoms with van der Waals surface area (Å²) in [5, 5.41) is 6.62. The third-order valence-electron chi connectivity index (χ3n) is 2.36. The molecular weight excluding hydrogens is 304 g/mol. The molecule has 0 aliphatic rings. The summed E-state index contributed by atoms with van der Waals surface area (Å²) in [5.74, 6) is 0.0117. The van der Waals surface area contributed by atoms with Crippen molar-refractivity contribution in [3.63, 3.8) is 0 Å². The number of hydrogen-bond donors (Lipinski definition) is 2. The topological polar surface area (TPSA) is 41.1 Å². The van der Waals surface area contributed by atoms with Gasteiger partial charge in [0.1, 0.15) is 0 Å². The predicted molar refractivity (Wildman–Crippen MR) is 74.1 cm³/mol. The summed E-state index contributed by atoms with van der Waals surface area (Å²) in [6.07, 6.45) is 0. The lowest BCUT2D eigenvalue weighted by atomic mass is 10.2. The van der Waals surface area contributed by atoms with Gasteiger partial charge in [-0.3, -0.25) is 4.79 Å². The molecule has 1 aromatic rings.